The summed E-state index contributed by atoms with van der Waals surface area (Å²) in [4.78, 5) is 26.3. The number of halogens is 2. The van der Waals surface area contributed by atoms with Crippen molar-refractivity contribution in [3.05, 3.63) is 17.5 Å². The van der Waals surface area contributed by atoms with Gasteiger partial charge in [0.1, 0.15) is 29.2 Å². The Kier molecular flexibility index (Phi) is 6.32. The topological polar surface area (TPSA) is 139 Å². The van der Waals surface area contributed by atoms with E-state index in [-0.39, 0.29) is 11.8 Å². The van der Waals surface area contributed by atoms with Gasteiger partial charge < -0.3 is 29.7 Å². The molecule has 3 heterocycles. The predicted octanol–water partition coefficient (Wildman–Crippen LogP) is 2.19. The van der Waals surface area contributed by atoms with Crippen molar-refractivity contribution in [3.8, 4) is 0 Å². The van der Waals surface area contributed by atoms with Crippen LogP contribution in [0.3, 0.4) is 0 Å². The van der Waals surface area contributed by atoms with Crippen molar-refractivity contribution in [1.82, 2.24) is 14.5 Å². The van der Waals surface area contributed by atoms with E-state index >= 15 is 0 Å². The molecule has 0 bridgehead atoms. The SMILES string of the molecule is O=P(O)(O)COC[C@H]1O[C@@H](n2cnc3c(NC4CCCC4)cc(Cl)nc32)[C@@H](F)[C@@H]1O. The highest BCUT2D eigenvalue weighted by Crippen LogP contribution is 2.37. The van der Waals surface area contributed by atoms with Crippen molar-refractivity contribution < 1.29 is 33.3 Å². The number of anilines is 1. The fourth-order valence-electron chi connectivity index (χ4n) is 3.92. The fraction of sp³-hybridized carbons (Fsp3) is 0.647. The molecule has 1 saturated heterocycles. The molecule has 30 heavy (non-hydrogen) atoms. The summed E-state index contributed by atoms with van der Waals surface area (Å²) >= 11 is 6.18. The maximum absolute atomic E-state index is 14.8. The second-order valence-corrected chi connectivity index (χ2v) is 9.58. The van der Waals surface area contributed by atoms with Gasteiger partial charge in [-0.25, -0.2) is 14.4 Å². The Morgan fingerprint density at radius 3 is 2.83 bits per heavy atom. The summed E-state index contributed by atoms with van der Waals surface area (Å²) in [7, 11) is -4.38. The Hall–Kier alpha value is -1.33. The van der Waals surface area contributed by atoms with Gasteiger partial charge in [0.05, 0.1) is 18.6 Å². The molecule has 0 unspecified atom stereocenters. The summed E-state index contributed by atoms with van der Waals surface area (Å²) in [6.07, 6.45) is -0.792. The van der Waals surface area contributed by atoms with E-state index in [1.807, 2.05) is 0 Å². The maximum Gasteiger partial charge on any atom is 0.350 e. The van der Waals surface area contributed by atoms with E-state index in [9.17, 15) is 14.1 Å². The van der Waals surface area contributed by atoms with E-state index in [1.54, 1.807) is 6.07 Å². The van der Waals surface area contributed by atoms with E-state index < -0.39 is 38.6 Å². The van der Waals surface area contributed by atoms with Gasteiger partial charge in [-0.05, 0) is 12.8 Å². The number of fused-ring (bicyclic) bond motifs is 1. The van der Waals surface area contributed by atoms with Crippen LogP contribution in [0.1, 0.15) is 31.9 Å². The summed E-state index contributed by atoms with van der Waals surface area (Å²) in [5.74, 6) is 0. The average Bonchev–Trinajstić information content (AvgIpc) is 3.37. The quantitative estimate of drug-likeness (QED) is 0.358. The molecule has 0 radical (unpaired) electrons. The van der Waals surface area contributed by atoms with Crippen LogP contribution in [0.25, 0.3) is 11.2 Å². The number of nitrogens with zero attached hydrogens (tertiary/aromatic N) is 3. The van der Waals surface area contributed by atoms with Gasteiger partial charge in [-0.15, -0.1) is 0 Å². The first-order valence-electron chi connectivity index (χ1n) is 9.62. The standard InChI is InChI=1S/C17H23ClFN4O6P/c18-12-5-10(21-9-3-1-2-4-9)14-16(22-12)23(7-20-14)17-13(19)15(24)11(29-17)6-28-8-30(25,26)27/h5,7,9,11,13,15,17,24H,1-4,6,8H2,(H,21,22)(H2,25,26,27)/t11-,13+,15-,17-/m1/s1. The maximum atomic E-state index is 14.8. The zero-order valence-corrected chi connectivity index (χ0v) is 17.5. The summed E-state index contributed by atoms with van der Waals surface area (Å²) in [5, 5.41) is 13.8. The predicted molar refractivity (Wildman–Crippen MR) is 106 cm³/mol. The highest BCUT2D eigenvalue weighted by atomic mass is 35.5. The molecule has 13 heteroatoms. The van der Waals surface area contributed by atoms with Crippen molar-refractivity contribution in [2.75, 3.05) is 18.3 Å². The lowest BCUT2D eigenvalue weighted by atomic mass is 10.1. The van der Waals surface area contributed by atoms with Crippen LogP contribution in [0.15, 0.2) is 12.4 Å². The molecule has 4 atom stereocenters. The molecule has 0 spiro atoms. The number of nitrogens with one attached hydrogen (secondary N) is 1. The molecule has 0 aromatic carbocycles. The van der Waals surface area contributed by atoms with E-state index in [2.05, 4.69) is 15.3 Å². The van der Waals surface area contributed by atoms with Crippen molar-refractivity contribution in [2.24, 2.45) is 0 Å². The molecule has 1 saturated carbocycles. The number of ether oxygens (including phenoxy) is 2. The second-order valence-electron chi connectivity index (χ2n) is 7.61. The Labute approximate surface area is 176 Å². The number of hydrogen-bond donors (Lipinski definition) is 4. The van der Waals surface area contributed by atoms with Crippen molar-refractivity contribution in [2.45, 2.75) is 56.3 Å². The van der Waals surface area contributed by atoms with Gasteiger partial charge in [-0.3, -0.25) is 9.13 Å². The highest BCUT2D eigenvalue weighted by Gasteiger charge is 2.46. The van der Waals surface area contributed by atoms with Gasteiger partial charge in [0.15, 0.2) is 18.0 Å². The minimum atomic E-state index is -4.38. The van der Waals surface area contributed by atoms with Gasteiger partial charge in [0.25, 0.3) is 0 Å². The van der Waals surface area contributed by atoms with E-state index in [1.165, 1.54) is 10.9 Å². The summed E-state index contributed by atoms with van der Waals surface area (Å²) < 4.78 is 37.5. The molecule has 1 aliphatic heterocycles. The van der Waals surface area contributed by atoms with E-state index in [0.717, 1.165) is 25.7 Å². The molecule has 0 amide bonds. The van der Waals surface area contributed by atoms with Crippen molar-refractivity contribution >= 4 is 36.0 Å². The van der Waals surface area contributed by atoms with Crippen LogP contribution in [0, 0.1) is 0 Å². The lowest BCUT2D eigenvalue weighted by Gasteiger charge is -2.17. The van der Waals surface area contributed by atoms with Crippen molar-refractivity contribution in [3.63, 3.8) is 0 Å². The smallest absolute Gasteiger partial charge is 0.350 e. The molecule has 166 valence electrons. The third-order valence-corrected chi connectivity index (χ3v) is 6.04. The zero-order chi connectivity index (χ0) is 21.5. The minimum absolute atomic E-state index is 0.209. The fourth-order valence-corrected chi connectivity index (χ4v) is 4.45. The molecule has 1 aliphatic carbocycles. The Morgan fingerprint density at radius 2 is 2.13 bits per heavy atom. The summed E-state index contributed by atoms with van der Waals surface area (Å²) in [6.45, 7) is -0.376. The van der Waals surface area contributed by atoms with Crippen LogP contribution in [0.2, 0.25) is 5.15 Å². The molecule has 10 nitrogen and oxygen atoms in total. The van der Waals surface area contributed by atoms with Crippen LogP contribution in [-0.2, 0) is 14.0 Å². The molecule has 2 aromatic heterocycles. The third-order valence-electron chi connectivity index (χ3n) is 5.32. The first kappa shape index (κ1) is 21.9. The summed E-state index contributed by atoms with van der Waals surface area (Å²) in [5.41, 5.74) is 1.52. The normalized spacial score (nSPS) is 27.9. The largest absolute Gasteiger partial charge is 0.387 e. The molecule has 2 aromatic rings. The van der Waals surface area contributed by atoms with Crippen molar-refractivity contribution in [1.29, 1.82) is 0 Å². The van der Waals surface area contributed by atoms with E-state index in [0.29, 0.717) is 22.9 Å². The van der Waals surface area contributed by atoms with Crippen LogP contribution < -0.4 is 5.32 Å². The average molecular weight is 465 g/mol. The number of pyridine rings is 1. The van der Waals surface area contributed by atoms with Gasteiger partial charge in [0, 0.05) is 12.1 Å². The zero-order valence-electron chi connectivity index (χ0n) is 15.9. The van der Waals surface area contributed by atoms with E-state index in [4.69, 9.17) is 30.9 Å². The monoisotopic (exact) mass is 464 g/mol. The molecule has 4 rings (SSSR count). The number of aliphatic hydroxyl groups is 1. The summed E-state index contributed by atoms with van der Waals surface area (Å²) in [6, 6.07) is 1.99. The third kappa shape index (κ3) is 4.62. The first-order chi connectivity index (χ1) is 14.2. The van der Waals surface area contributed by atoms with Crippen LogP contribution in [0.5, 0.6) is 0 Å². The first-order valence-corrected chi connectivity index (χ1v) is 11.8. The molecule has 4 N–H and O–H groups in total. The number of rotatable bonds is 7. The van der Waals surface area contributed by atoms with Crippen LogP contribution >= 0.6 is 19.2 Å². The number of aliphatic hydroxyl groups excluding tert-OH is 1. The molecule has 2 fully saturated rings. The number of alkyl halides is 1. The van der Waals surface area contributed by atoms with Crippen LogP contribution in [0.4, 0.5) is 10.1 Å². The highest BCUT2D eigenvalue weighted by molar-refractivity contribution is 7.51. The minimum Gasteiger partial charge on any atom is -0.387 e. The van der Waals surface area contributed by atoms with Gasteiger partial charge >= 0.3 is 7.60 Å². The number of aromatic nitrogens is 3. The Bertz CT molecular complexity index is 952. The van der Waals surface area contributed by atoms with Gasteiger partial charge in [0.2, 0.25) is 0 Å². The second kappa shape index (κ2) is 8.66. The Morgan fingerprint density at radius 1 is 1.40 bits per heavy atom. The molecular weight excluding hydrogens is 442 g/mol. The lowest BCUT2D eigenvalue weighted by molar-refractivity contribution is -0.0581. The molecule has 2 aliphatic rings. The lowest BCUT2D eigenvalue weighted by Crippen LogP contribution is -2.31. The van der Waals surface area contributed by atoms with Crippen LogP contribution in [-0.4, -0.2) is 66.8 Å². The van der Waals surface area contributed by atoms with Gasteiger partial charge in [-0.2, -0.15) is 0 Å². The van der Waals surface area contributed by atoms with Gasteiger partial charge in [-0.1, -0.05) is 24.4 Å². The number of imidazole rings is 1. The Balaban J connectivity index is 1.55. The molecular formula is C17H23ClFN4O6P. The number of hydrogen-bond acceptors (Lipinski definition) is 7.